The number of carbonyl (C=O) groups excluding carboxylic acids is 1. The molecular formula is C13H26FN3O2. The van der Waals surface area contributed by atoms with E-state index in [4.69, 9.17) is 4.74 Å². The van der Waals surface area contributed by atoms with Crippen LogP contribution in [0, 0.1) is 5.92 Å². The predicted molar refractivity (Wildman–Crippen MR) is 72.4 cm³/mol. The van der Waals surface area contributed by atoms with Gasteiger partial charge in [-0.3, -0.25) is 15.6 Å². The molecule has 2 rings (SSSR count). The van der Waals surface area contributed by atoms with Crippen LogP contribution in [0.2, 0.25) is 0 Å². The molecule has 2 fully saturated rings. The van der Waals surface area contributed by atoms with Crippen molar-refractivity contribution in [2.45, 2.75) is 39.0 Å². The molecule has 2 heterocycles. The Bertz CT molecular complexity index is 273. The molecule has 0 radical (unpaired) electrons. The van der Waals surface area contributed by atoms with Crippen molar-refractivity contribution >= 4 is 5.91 Å². The number of hydrazine groups is 1. The molecule has 2 N–H and O–H groups in total. The van der Waals surface area contributed by atoms with Crippen LogP contribution in [0.1, 0.15) is 26.7 Å². The van der Waals surface area contributed by atoms with Crippen molar-refractivity contribution in [2.24, 2.45) is 5.92 Å². The van der Waals surface area contributed by atoms with Gasteiger partial charge in [0, 0.05) is 26.7 Å². The first-order valence-corrected chi connectivity index (χ1v) is 7.13. The van der Waals surface area contributed by atoms with E-state index in [-0.39, 0.29) is 24.5 Å². The fourth-order valence-corrected chi connectivity index (χ4v) is 2.45. The van der Waals surface area contributed by atoms with Crippen LogP contribution < -0.4 is 10.9 Å². The molecule has 2 saturated heterocycles. The van der Waals surface area contributed by atoms with E-state index in [1.807, 2.05) is 13.8 Å². The average molecular weight is 275 g/mol. The lowest BCUT2D eigenvalue weighted by Gasteiger charge is -2.36. The quantitative estimate of drug-likeness (QED) is 0.779. The minimum atomic E-state index is -1.06. The van der Waals surface area contributed by atoms with Gasteiger partial charge in [-0.25, -0.2) is 4.39 Å². The van der Waals surface area contributed by atoms with Gasteiger partial charge in [0.05, 0.1) is 18.6 Å². The van der Waals surface area contributed by atoms with Gasteiger partial charge in [0.1, 0.15) is 6.17 Å². The predicted octanol–water partition coefficient (Wildman–Crippen LogP) is 0.712. The molecule has 0 aromatic rings. The largest absolute Gasteiger partial charge is 0.378 e. The maximum atomic E-state index is 13.7. The van der Waals surface area contributed by atoms with Gasteiger partial charge in [-0.1, -0.05) is 13.8 Å². The molecule has 0 bridgehead atoms. The van der Waals surface area contributed by atoms with Crippen LogP contribution in [0.5, 0.6) is 0 Å². The third-order valence-corrected chi connectivity index (χ3v) is 3.54. The molecule has 0 aliphatic carbocycles. The summed E-state index contributed by atoms with van der Waals surface area (Å²) < 4.78 is 18.7. The van der Waals surface area contributed by atoms with Gasteiger partial charge in [0.25, 0.3) is 0 Å². The minimum Gasteiger partial charge on any atom is -0.378 e. The number of carbonyl (C=O) groups is 1. The number of hydrogen-bond donors (Lipinski definition) is 2. The van der Waals surface area contributed by atoms with Gasteiger partial charge < -0.3 is 9.64 Å². The number of rotatable bonds is 2. The number of hydrogen-bond acceptors (Lipinski definition) is 4. The smallest absolute Gasteiger partial charge is 0.227 e. The number of methoxy groups -OCH3 is 1. The molecule has 2 aliphatic heterocycles. The number of amides is 1. The summed E-state index contributed by atoms with van der Waals surface area (Å²) in [6.07, 6.45) is -0.0213. The van der Waals surface area contributed by atoms with Crippen LogP contribution in [-0.2, 0) is 9.53 Å². The maximum Gasteiger partial charge on any atom is 0.227 e. The number of piperidine rings is 1. The van der Waals surface area contributed by atoms with Crippen molar-refractivity contribution in [3.8, 4) is 0 Å². The molecule has 2 aliphatic rings. The highest BCUT2D eigenvalue weighted by atomic mass is 19.1. The highest BCUT2D eigenvalue weighted by Crippen LogP contribution is 2.19. The number of halogens is 1. The van der Waals surface area contributed by atoms with Crippen molar-refractivity contribution in [1.82, 2.24) is 15.8 Å². The summed E-state index contributed by atoms with van der Waals surface area (Å²) in [5, 5.41) is 0. The van der Waals surface area contributed by atoms with E-state index >= 15 is 0 Å². The van der Waals surface area contributed by atoms with Crippen LogP contribution >= 0.6 is 0 Å². The Morgan fingerprint density at radius 3 is 2.58 bits per heavy atom. The molecular weight excluding hydrogens is 249 g/mol. The third-order valence-electron chi connectivity index (χ3n) is 3.54. The monoisotopic (exact) mass is 275 g/mol. The Labute approximate surface area is 114 Å². The second-order valence-corrected chi connectivity index (χ2v) is 4.66. The van der Waals surface area contributed by atoms with E-state index in [9.17, 15) is 9.18 Å². The Balaban J connectivity index is 0.000000861. The highest BCUT2D eigenvalue weighted by Gasteiger charge is 2.34. The molecule has 0 aromatic carbocycles. The average Bonchev–Trinajstić information content (AvgIpc) is 2.49. The number of likely N-dealkylation sites (tertiary alicyclic amines) is 1. The third kappa shape index (κ3) is 4.40. The normalized spacial score (nSPS) is 31.4. The second-order valence-electron chi connectivity index (χ2n) is 4.66. The van der Waals surface area contributed by atoms with Crippen molar-refractivity contribution in [3.63, 3.8) is 0 Å². The van der Waals surface area contributed by atoms with E-state index in [2.05, 4.69) is 10.9 Å². The van der Waals surface area contributed by atoms with Crippen molar-refractivity contribution in [2.75, 3.05) is 33.3 Å². The molecule has 3 unspecified atom stereocenters. The van der Waals surface area contributed by atoms with Gasteiger partial charge >= 0.3 is 0 Å². The zero-order valence-electron chi connectivity index (χ0n) is 12.1. The highest BCUT2D eigenvalue weighted by molar-refractivity contribution is 5.79. The van der Waals surface area contributed by atoms with Crippen molar-refractivity contribution in [1.29, 1.82) is 0 Å². The van der Waals surface area contributed by atoms with Gasteiger partial charge in [0.2, 0.25) is 5.91 Å². The van der Waals surface area contributed by atoms with E-state index < -0.39 is 6.17 Å². The maximum absolute atomic E-state index is 13.7. The first-order valence-electron chi connectivity index (χ1n) is 7.13. The summed E-state index contributed by atoms with van der Waals surface area (Å²) in [7, 11) is 1.52. The molecule has 19 heavy (non-hydrogen) atoms. The summed E-state index contributed by atoms with van der Waals surface area (Å²) in [6, 6.07) is 0. The summed E-state index contributed by atoms with van der Waals surface area (Å²) in [5.41, 5.74) is 5.95. The molecule has 6 heteroatoms. The van der Waals surface area contributed by atoms with E-state index in [0.717, 1.165) is 13.0 Å². The molecule has 5 nitrogen and oxygen atoms in total. The number of alkyl halides is 1. The van der Waals surface area contributed by atoms with Crippen molar-refractivity contribution in [3.05, 3.63) is 0 Å². The molecule has 0 spiro atoms. The molecule has 0 saturated carbocycles. The summed E-state index contributed by atoms with van der Waals surface area (Å²) >= 11 is 0. The van der Waals surface area contributed by atoms with Gasteiger partial charge in [-0.15, -0.1) is 0 Å². The summed E-state index contributed by atoms with van der Waals surface area (Å²) in [4.78, 5) is 13.8. The van der Waals surface area contributed by atoms with Crippen molar-refractivity contribution < 1.29 is 13.9 Å². The second kappa shape index (κ2) is 8.45. The number of ether oxygens (including phenoxy) is 1. The lowest BCUT2D eigenvalue weighted by atomic mass is 9.99. The first kappa shape index (κ1) is 16.3. The Hall–Kier alpha value is -0.720. The van der Waals surface area contributed by atoms with Gasteiger partial charge in [-0.05, 0) is 12.8 Å². The standard InChI is InChI=1S/C11H20FN3O2.C2H6/c1-17-10-3-5-15(7-9(10)12)11(16)8-2-4-13-14-6-8;1-2/h8-10,13-14H,2-7H2,1H3;1-2H3. The van der Waals surface area contributed by atoms with Crippen LogP contribution in [0.25, 0.3) is 0 Å². The Kier molecular flexibility index (Phi) is 7.27. The first-order chi connectivity index (χ1) is 9.22. The summed E-state index contributed by atoms with van der Waals surface area (Å²) in [6.45, 7) is 6.17. The molecule has 1 amide bonds. The lowest BCUT2D eigenvalue weighted by molar-refractivity contribution is -0.141. The fraction of sp³-hybridized carbons (Fsp3) is 0.923. The summed E-state index contributed by atoms with van der Waals surface area (Å²) in [5.74, 6) is 0.0405. The van der Waals surface area contributed by atoms with E-state index in [1.165, 1.54) is 7.11 Å². The van der Waals surface area contributed by atoms with E-state index in [0.29, 0.717) is 19.5 Å². The number of nitrogens with one attached hydrogen (secondary N) is 2. The molecule has 112 valence electrons. The Morgan fingerprint density at radius 1 is 1.32 bits per heavy atom. The number of nitrogens with zero attached hydrogens (tertiary/aromatic N) is 1. The van der Waals surface area contributed by atoms with Crippen LogP contribution in [0.15, 0.2) is 0 Å². The van der Waals surface area contributed by atoms with Crippen LogP contribution in [0.3, 0.4) is 0 Å². The van der Waals surface area contributed by atoms with Crippen LogP contribution in [0.4, 0.5) is 4.39 Å². The van der Waals surface area contributed by atoms with Gasteiger partial charge in [0.15, 0.2) is 0 Å². The van der Waals surface area contributed by atoms with E-state index in [1.54, 1.807) is 4.90 Å². The van der Waals surface area contributed by atoms with Crippen LogP contribution in [-0.4, -0.2) is 56.4 Å². The molecule has 0 aromatic heterocycles. The Morgan fingerprint density at radius 2 is 2.05 bits per heavy atom. The molecule has 3 atom stereocenters. The SMILES string of the molecule is CC.COC1CCN(C(=O)C2CCNNC2)CC1F. The zero-order chi connectivity index (χ0) is 14.3. The minimum absolute atomic E-state index is 0.0254. The fourth-order valence-electron chi connectivity index (χ4n) is 2.45. The topological polar surface area (TPSA) is 53.6 Å². The van der Waals surface area contributed by atoms with Gasteiger partial charge in [-0.2, -0.15) is 0 Å². The lowest BCUT2D eigenvalue weighted by Crippen LogP contribution is -2.53. The zero-order valence-corrected chi connectivity index (χ0v) is 12.1.